The molecular formula is C24H26N4O. The molecule has 3 aromatic rings. The Labute approximate surface area is 171 Å². The second-order valence-corrected chi connectivity index (χ2v) is 7.49. The molecule has 0 radical (unpaired) electrons. The van der Waals surface area contributed by atoms with Gasteiger partial charge in [0.2, 0.25) is 5.88 Å². The van der Waals surface area contributed by atoms with Crippen LogP contribution in [0.2, 0.25) is 0 Å². The van der Waals surface area contributed by atoms with Gasteiger partial charge in [0.15, 0.2) is 5.69 Å². The van der Waals surface area contributed by atoms with Gasteiger partial charge in [-0.25, -0.2) is 9.97 Å². The topological polar surface area (TPSA) is 64.3 Å². The quantitative estimate of drug-likeness (QED) is 0.411. The van der Waals surface area contributed by atoms with E-state index in [1.807, 2.05) is 42.5 Å². The van der Waals surface area contributed by atoms with Gasteiger partial charge >= 0.3 is 0 Å². The maximum Gasteiger partial charge on any atom is 0.249 e. The Bertz CT molecular complexity index is 1040. The van der Waals surface area contributed by atoms with Gasteiger partial charge in [-0.3, -0.25) is 0 Å². The van der Waals surface area contributed by atoms with Crippen molar-refractivity contribution in [3.05, 3.63) is 59.3 Å². The van der Waals surface area contributed by atoms with Crippen LogP contribution < -0.4 is 10.5 Å². The van der Waals surface area contributed by atoms with Gasteiger partial charge in [0.25, 0.3) is 0 Å². The molecular weight excluding hydrogens is 360 g/mol. The fourth-order valence-corrected chi connectivity index (χ4v) is 3.47. The van der Waals surface area contributed by atoms with Crippen LogP contribution in [0.1, 0.15) is 36.1 Å². The smallest absolute Gasteiger partial charge is 0.249 e. The van der Waals surface area contributed by atoms with E-state index >= 15 is 0 Å². The van der Waals surface area contributed by atoms with E-state index in [2.05, 4.69) is 33.6 Å². The molecule has 2 N–H and O–H groups in total. The number of hydrogen-bond donors (Lipinski definition) is 1. The van der Waals surface area contributed by atoms with Crippen LogP contribution in [-0.4, -0.2) is 41.1 Å². The van der Waals surface area contributed by atoms with E-state index in [9.17, 15) is 0 Å². The number of nitrogens with two attached hydrogens (primary N) is 1. The second-order valence-electron chi connectivity index (χ2n) is 7.49. The Morgan fingerprint density at radius 1 is 1.00 bits per heavy atom. The Morgan fingerprint density at radius 2 is 1.79 bits per heavy atom. The largest absolute Gasteiger partial charge is 0.476 e. The second kappa shape index (κ2) is 8.93. The van der Waals surface area contributed by atoms with Crippen molar-refractivity contribution >= 4 is 16.7 Å². The molecule has 2 aromatic carbocycles. The van der Waals surface area contributed by atoms with E-state index in [0.717, 1.165) is 29.6 Å². The fraction of sp³-hybridized carbons (Fsp3) is 0.333. The first-order valence-corrected chi connectivity index (χ1v) is 10.2. The van der Waals surface area contributed by atoms with E-state index < -0.39 is 0 Å². The number of aromatic nitrogens is 2. The van der Waals surface area contributed by atoms with Crippen LogP contribution in [0.25, 0.3) is 11.0 Å². The SMILES string of the molecule is Cc1ccc(C#Cc2nc3cc(N)ccc3nc2OCCCN2CCCC2)cc1. The minimum atomic E-state index is 0.489. The molecule has 1 aliphatic heterocycles. The van der Waals surface area contributed by atoms with Crippen LogP contribution in [0, 0.1) is 18.8 Å². The van der Waals surface area contributed by atoms with E-state index in [0.29, 0.717) is 23.9 Å². The lowest BCUT2D eigenvalue weighted by Gasteiger charge is -2.14. The molecule has 0 saturated carbocycles. The van der Waals surface area contributed by atoms with Gasteiger partial charge in [0, 0.05) is 17.8 Å². The molecule has 2 heterocycles. The Morgan fingerprint density at radius 3 is 2.59 bits per heavy atom. The lowest BCUT2D eigenvalue weighted by molar-refractivity contribution is 0.256. The molecule has 0 spiro atoms. The Hall–Kier alpha value is -3.10. The molecule has 4 rings (SSSR count). The third-order valence-electron chi connectivity index (χ3n) is 5.09. The molecule has 0 amide bonds. The third kappa shape index (κ3) is 5.04. The summed E-state index contributed by atoms with van der Waals surface area (Å²) in [4.78, 5) is 11.8. The molecule has 0 aliphatic carbocycles. The number of nitrogens with zero attached hydrogens (tertiary/aromatic N) is 3. The highest BCUT2D eigenvalue weighted by Crippen LogP contribution is 2.21. The normalized spacial score (nSPS) is 14.0. The first-order valence-electron chi connectivity index (χ1n) is 10.2. The maximum atomic E-state index is 6.01. The summed E-state index contributed by atoms with van der Waals surface area (Å²) in [6, 6.07) is 13.6. The van der Waals surface area contributed by atoms with Gasteiger partial charge in [0.1, 0.15) is 0 Å². The van der Waals surface area contributed by atoms with Gasteiger partial charge < -0.3 is 15.4 Å². The first kappa shape index (κ1) is 19.2. The highest BCUT2D eigenvalue weighted by atomic mass is 16.5. The summed E-state index contributed by atoms with van der Waals surface area (Å²) in [6.45, 7) is 6.12. The number of fused-ring (bicyclic) bond motifs is 1. The van der Waals surface area contributed by atoms with Crippen molar-refractivity contribution in [2.24, 2.45) is 0 Å². The van der Waals surface area contributed by atoms with E-state index in [4.69, 9.17) is 10.5 Å². The highest BCUT2D eigenvalue weighted by Gasteiger charge is 2.12. The van der Waals surface area contributed by atoms with Crippen molar-refractivity contribution < 1.29 is 4.74 Å². The highest BCUT2D eigenvalue weighted by molar-refractivity contribution is 5.79. The van der Waals surface area contributed by atoms with Crippen molar-refractivity contribution in [2.75, 3.05) is 32.0 Å². The molecule has 1 aromatic heterocycles. The maximum absolute atomic E-state index is 6.01. The zero-order chi connectivity index (χ0) is 20.1. The number of hydrogen-bond acceptors (Lipinski definition) is 5. The van der Waals surface area contributed by atoms with Gasteiger partial charge in [-0.1, -0.05) is 23.6 Å². The van der Waals surface area contributed by atoms with Crippen molar-refractivity contribution in [3.63, 3.8) is 0 Å². The monoisotopic (exact) mass is 386 g/mol. The molecule has 1 saturated heterocycles. The van der Waals surface area contributed by atoms with Crippen LogP contribution >= 0.6 is 0 Å². The number of aryl methyl sites for hydroxylation is 1. The first-order chi connectivity index (χ1) is 14.2. The average molecular weight is 386 g/mol. The van der Waals surface area contributed by atoms with Crippen molar-refractivity contribution in [1.29, 1.82) is 0 Å². The molecule has 29 heavy (non-hydrogen) atoms. The summed E-state index contributed by atoms with van der Waals surface area (Å²) in [6.07, 6.45) is 3.57. The molecule has 148 valence electrons. The predicted octanol–water partition coefficient (Wildman–Crippen LogP) is 3.78. The number of nitrogen functional groups attached to an aromatic ring is 1. The minimum absolute atomic E-state index is 0.489. The number of benzene rings is 2. The molecule has 0 bridgehead atoms. The number of ether oxygens (including phenoxy) is 1. The summed E-state index contributed by atoms with van der Waals surface area (Å²) in [5.41, 5.74) is 10.7. The van der Waals surface area contributed by atoms with Gasteiger partial charge in [-0.15, -0.1) is 0 Å². The average Bonchev–Trinajstić information content (AvgIpc) is 3.24. The Kier molecular flexibility index (Phi) is 5.92. The molecule has 1 aliphatic rings. The van der Waals surface area contributed by atoms with Crippen molar-refractivity contribution in [1.82, 2.24) is 14.9 Å². The zero-order valence-corrected chi connectivity index (χ0v) is 16.8. The molecule has 5 heteroatoms. The van der Waals surface area contributed by atoms with Crippen LogP contribution in [-0.2, 0) is 0 Å². The summed E-state index contributed by atoms with van der Waals surface area (Å²) < 4.78 is 6.01. The summed E-state index contributed by atoms with van der Waals surface area (Å²) in [7, 11) is 0. The number of likely N-dealkylation sites (tertiary alicyclic amines) is 1. The number of anilines is 1. The zero-order valence-electron chi connectivity index (χ0n) is 16.8. The van der Waals surface area contributed by atoms with Crippen molar-refractivity contribution in [3.8, 4) is 17.7 Å². The Balaban J connectivity index is 1.55. The van der Waals surface area contributed by atoms with Crippen molar-refractivity contribution in [2.45, 2.75) is 26.2 Å². The predicted molar refractivity (Wildman–Crippen MR) is 117 cm³/mol. The van der Waals surface area contributed by atoms with Crippen LogP contribution in [0.4, 0.5) is 5.69 Å². The minimum Gasteiger partial charge on any atom is -0.476 e. The van der Waals surface area contributed by atoms with Crippen LogP contribution in [0.15, 0.2) is 42.5 Å². The summed E-state index contributed by atoms with van der Waals surface area (Å²) >= 11 is 0. The van der Waals surface area contributed by atoms with Gasteiger partial charge in [-0.05, 0) is 75.5 Å². The number of rotatable bonds is 5. The lowest BCUT2D eigenvalue weighted by Crippen LogP contribution is -2.22. The molecule has 5 nitrogen and oxygen atoms in total. The van der Waals surface area contributed by atoms with Gasteiger partial charge in [0.05, 0.1) is 17.6 Å². The van der Waals surface area contributed by atoms with E-state index in [-0.39, 0.29) is 0 Å². The molecule has 0 atom stereocenters. The fourth-order valence-electron chi connectivity index (χ4n) is 3.47. The molecule has 0 unspecified atom stereocenters. The van der Waals surface area contributed by atoms with Crippen LogP contribution in [0.3, 0.4) is 0 Å². The van der Waals surface area contributed by atoms with Gasteiger partial charge in [-0.2, -0.15) is 0 Å². The lowest BCUT2D eigenvalue weighted by atomic mass is 10.1. The third-order valence-corrected chi connectivity index (χ3v) is 5.09. The summed E-state index contributed by atoms with van der Waals surface area (Å²) in [5, 5.41) is 0. The standard InChI is InChI=1S/C24H26N4O/c1-18-5-7-19(8-6-18)9-11-22-24(29-16-4-15-28-13-2-3-14-28)27-21-12-10-20(25)17-23(21)26-22/h5-8,10,12,17H,2-4,13-16,25H2,1H3. The van der Waals surface area contributed by atoms with Crippen LogP contribution in [0.5, 0.6) is 5.88 Å². The summed E-state index contributed by atoms with van der Waals surface area (Å²) in [5.74, 6) is 6.80. The van der Waals surface area contributed by atoms with E-state index in [1.165, 1.54) is 31.5 Å². The van der Waals surface area contributed by atoms with E-state index in [1.54, 1.807) is 0 Å². The molecule has 1 fully saturated rings.